The Balaban J connectivity index is 2.10. The van der Waals surface area contributed by atoms with Gasteiger partial charge < -0.3 is 10.2 Å². The van der Waals surface area contributed by atoms with Crippen molar-refractivity contribution >= 4 is 23.2 Å². The van der Waals surface area contributed by atoms with Gasteiger partial charge in [0.25, 0.3) is 5.91 Å². The predicted molar refractivity (Wildman–Crippen MR) is 78.4 cm³/mol. The minimum Gasteiger partial charge on any atom is -0.335 e. The van der Waals surface area contributed by atoms with Crippen molar-refractivity contribution in [3.63, 3.8) is 0 Å². The fourth-order valence-electron chi connectivity index (χ4n) is 2.66. The molecule has 1 saturated heterocycles. The fraction of sp³-hybridized carbons (Fsp3) is 0.429. The van der Waals surface area contributed by atoms with Gasteiger partial charge in [-0.05, 0) is 25.5 Å². The topological polar surface area (TPSA) is 49.6 Å². The van der Waals surface area contributed by atoms with Crippen molar-refractivity contribution in [3.8, 4) is 0 Å². The van der Waals surface area contributed by atoms with Gasteiger partial charge >= 0.3 is 0 Å². The summed E-state index contributed by atoms with van der Waals surface area (Å²) in [7, 11) is 0. The van der Waals surface area contributed by atoms with E-state index in [0.717, 1.165) is 43.1 Å². The molecule has 0 atom stereocenters. The van der Waals surface area contributed by atoms with E-state index < -0.39 is 0 Å². The van der Waals surface area contributed by atoms with E-state index in [1.807, 2.05) is 29.2 Å². The third kappa shape index (κ3) is 2.17. The number of carbonyl (C=O) groups excluding carboxylic acids is 1. The molecule has 1 aliphatic rings. The second-order valence-electron chi connectivity index (χ2n) is 5.12. The monoisotopic (exact) mass is 292 g/mol. The number of halogens is 1. The zero-order chi connectivity index (χ0) is 14.3. The number of piperazine rings is 1. The van der Waals surface area contributed by atoms with Crippen molar-refractivity contribution in [2.75, 3.05) is 26.2 Å². The van der Waals surface area contributed by atoms with E-state index >= 15 is 0 Å². The van der Waals surface area contributed by atoms with Crippen LogP contribution in [0.2, 0.25) is 5.02 Å². The van der Waals surface area contributed by atoms with Crippen LogP contribution in [0, 0.1) is 13.8 Å². The second kappa shape index (κ2) is 5.07. The first-order chi connectivity index (χ1) is 9.58. The molecule has 0 radical (unpaired) electrons. The molecular weight excluding hydrogens is 276 g/mol. The Morgan fingerprint density at radius 1 is 1.35 bits per heavy atom. The van der Waals surface area contributed by atoms with Crippen LogP contribution < -0.4 is 5.32 Å². The Morgan fingerprint density at radius 2 is 2.05 bits per heavy atom. The predicted octanol–water partition coefficient (Wildman–Crippen LogP) is 1.65. The number of rotatable bonds is 1. The van der Waals surface area contributed by atoms with Gasteiger partial charge in [-0.25, -0.2) is 4.98 Å². The lowest BCUT2D eigenvalue weighted by molar-refractivity contribution is 0.0728. The van der Waals surface area contributed by atoms with Crippen LogP contribution in [0.3, 0.4) is 0 Å². The van der Waals surface area contributed by atoms with Crippen molar-refractivity contribution in [2.45, 2.75) is 13.8 Å². The molecule has 0 bridgehead atoms. The maximum absolute atomic E-state index is 12.7. The highest BCUT2D eigenvalue weighted by Crippen LogP contribution is 2.21. The van der Waals surface area contributed by atoms with Gasteiger partial charge in [-0.2, -0.15) is 0 Å². The van der Waals surface area contributed by atoms with E-state index in [0.29, 0.717) is 10.7 Å². The van der Waals surface area contributed by atoms with Crippen LogP contribution in [0.15, 0.2) is 12.3 Å². The third-order valence-corrected chi connectivity index (χ3v) is 3.86. The van der Waals surface area contributed by atoms with Crippen molar-refractivity contribution in [2.24, 2.45) is 0 Å². The quantitative estimate of drug-likeness (QED) is 0.869. The zero-order valence-corrected chi connectivity index (χ0v) is 12.4. The number of pyridine rings is 1. The highest BCUT2D eigenvalue weighted by Gasteiger charge is 2.24. The summed E-state index contributed by atoms with van der Waals surface area (Å²) in [4.78, 5) is 19.1. The van der Waals surface area contributed by atoms with Crippen molar-refractivity contribution in [1.82, 2.24) is 19.6 Å². The standard InChI is InChI=1S/C14H17ClN4O/c1-9-7-11(15)8-19-12(10(2)17-13(9)19)14(20)18-5-3-16-4-6-18/h7-8,16H,3-6H2,1-2H3. The average molecular weight is 293 g/mol. The molecule has 2 aromatic rings. The Hall–Kier alpha value is -1.59. The summed E-state index contributed by atoms with van der Waals surface area (Å²) < 4.78 is 1.82. The normalized spacial score (nSPS) is 15.8. The largest absolute Gasteiger partial charge is 0.335 e. The smallest absolute Gasteiger partial charge is 0.272 e. The van der Waals surface area contributed by atoms with Crippen LogP contribution in [0.1, 0.15) is 21.7 Å². The van der Waals surface area contributed by atoms with Crippen molar-refractivity contribution in [3.05, 3.63) is 34.2 Å². The first kappa shape index (κ1) is 13.4. The number of fused-ring (bicyclic) bond motifs is 1. The lowest BCUT2D eigenvalue weighted by Gasteiger charge is -2.27. The van der Waals surface area contributed by atoms with Gasteiger partial charge in [0.1, 0.15) is 11.3 Å². The number of imidazole rings is 1. The van der Waals surface area contributed by atoms with Gasteiger partial charge in [0.2, 0.25) is 0 Å². The molecule has 6 heteroatoms. The molecule has 3 rings (SSSR count). The van der Waals surface area contributed by atoms with E-state index in [4.69, 9.17) is 11.6 Å². The molecule has 1 aliphatic heterocycles. The third-order valence-electron chi connectivity index (χ3n) is 3.65. The molecule has 0 spiro atoms. The van der Waals surface area contributed by atoms with Crippen LogP contribution in [-0.2, 0) is 0 Å². The fourth-order valence-corrected chi connectivity index (χ4v) is 2.92. The molecule has 0 saturated carbocycles. The van der Waals surface area contributed by atoms with Crippen molar-refractivity contribution < 1.29 is 4.79 Å². The summed E-state index contributed by atoms with van der Waals surface area (Å²) in [5, 5.41) is 3.86. The van der Waals surface area contributed by atoms with Gasteiger partial charge in [-0.3, -0.25) is 9.20 Å². The van der Waals surface area contributed by atoms with Crippen LogP contribution >= 0.6 is 11.6 Å². The second-order valence-corrected chi connectivity index (χ2v) is 5.56. The lowest BCUT2D eigenvalue weighted by Crippen LogP contribution is -2.46. The maximum Gasteiger partial charge on any atom is 0.272 e. The summed E-state index contributed by atoms with van der Waals surface area (Å²) >= 11 is 6.11. The van der Waals surface area contributed by atoms with E-state index in [9.17, 15) is 4.79 Å². The summed E-state index contributed by atoms with van der Waals surface area (Å²) in [5.41, 5.74) is 3.14. The Bertz CT molecular complexity index is 673. The first-order valence-electron chi connectivity index (χ1n) is 6.72. The minimum atomic E-state index is 0.0261. The molecule has 2 aromatic heterocycles. The molecular formula is C14H17ClN4O. The minimum absolute atomic E-state index is 0.0261. The van der Waals surface area contributed by atoms with Gasteiger partial charge in [-0.15, -0.1) is 0 Å². The summed E-state index contributed by atoms with van der Waals surface area (Å²) in [5.74, 6) is 0.0261. The van der Waals surface area contributed by atoms with Crippen molar-refractivity contribution in [1.29, 1.82) is 0 Å². The number of nitrogens with one attached hydrogen (secondary N) is 1. The number of amides is 1. The van der Waals surface area contributed by atoms with Crippen LogP contribution in [0.4, 0.5) is 0 Å². The average Bonchev–Trinajstić information content (AvgIpc) is 2.76. The maximum atomic E-state index is 12.7. The molecule has 1 fully saturated rings. The highest BCUT2D eigenvalue weighted by atomic mass is 35.5. The molecule has 1 N–H and O–H groups in total. The summed E-state index contributed by atoms with van der Waals surface area (Å²) in [6.45, 7) is 6.95. The lowest BCUT2D eigenvalue weighted by atomic mass is 10.2. The SMILES string of the molecule is Cc1nc2c(C)cc(Cl)cn2c1C(=O)N1CCNCC1. The van der Waals surface area contributed by atoms with Crippen LogP contribution in [-0.4, -0.2) is 46.4 Å². The Labute approximate surface area is 122 Å². The van der Waals surface area contributed by atoms with E-state index in [1.165, 1.54) is 0 Å². The molecule has 5 nitrogen and oxygen atoms in total. The number of aryl methyl sites for hydroxylation is 2. The van der Waals surface area contributed by atoms with Crippen LogP contribution in [0.5, 0.6) is 0 Å². The van der Waals surface area contributed by atoms with Gasteiger partial charge in [0.05, 0.1) is 10.7 Å². The Morgan fingerprint density at radius 3 is 2.75 bits per heavy atom. The van der Waals surface area contributed by atoms with Crippen LogP contribution in [0.25, 0.3) is 5.65 Å². The zero-order valence-electron chi connectivity index (χ0n) is 11.6. The van der Waals surface area contributed by atoms with Gasteiger partial charge in [0, 0.05) is 32.4 Å². The van der Waals surface area contributed by atoms with Gasteiger partial charge in [-0.1, -0.05) is 11.6 Å². The number of hydrogen-bond donors (Lipinski definition) is 1. The van der Waals surface area contributed by atoms with E-state index in [-0.39, 0.29) is 5.91 Å². The number of carbonyl (C=O) groups is 1. The molecule has 3 heterocycles. The first-order valence-corrected chi connectivity index (χ1v) is 7.10. The molecule has 20 heavy (non-hydrogen) atoms. The molecule has 0 aromatic carbocycles. The van der Waals surface area contributed by atoms with Gasteiger partial charge in [0.15, 0.2) is 0 Å². The number of aromatic nitrogens is 2. The molecule has 106 valence electrons. The number of nitrogens with zero attached hydrogens (tertiary/aromatic N) is 3. The molecule has 0 aliphatic carbocycles. The molecule has 0 unspecified atom stereocenters. The highest BCUT2D eigenvalue weighted by molar-refractivity contribution is 6.30. The Kier molecular flexibility index (Phi) is 3.40. The molecule has 1 amide bonds. The summed E-state index contributed by atoms with van der Waals surface area (Å²) in [6.07, 6.45) is 1.76. The summed E-state index contributed by atoms with van der Waals surface area (Å²) in [6, 6.07) is 1.86. The number of hydrogen-bond acceptors (Lipinski definition) is 3. The van der Waals surface area contributed by atoms with E-state index in [2.05, 4.69) is 10.3 Å². The van der Waals surface area contributed by atoms with E-state index in [1.54, 1.807) is 6.20 Å².